The first-order chi connectivity index (χ1) is 18.6. The number of hydrogen-bond donors (Lipinski definition) is 2. The second-order valence-corrected chi connectivity index (χ2v) is 13.7. The van der Waals surface area contributed by atoms with Gasteiger partial charge in [0.05, 0.1) is 52.6 Å². The lowest BCUT2D eigenvalue weighted by Gasteiger charge is -2.35. The molecule has 1 amide bonds. The van der Waals surface area contributed by atoms with Crippen LogP contribution < -0.4 is 14.8 Å². The molecule has 0 spiro atoms. The van der Waals surface area contributed by atoms with Crippen molar-refractivity contribution in [2.75, 3.05) is 28.2 Å². The molecule has 0 bridgehead atoms. The maximum atomic E-state index is 13.7. The minimum atomic E-state index is -3.63. The average molecular weight is 574 g/mol. The van der Waals surface area contributed by atoms with E-state index in [9.17, 15) is 21.6 Å². The molecule has 39 heavy (non-hydrogen) atoms. The molecule has 206 valence electrons. The molecule has 0 radical (unpaired) electrons. The first-order valence-electron chi connectivity index (χ1n) is 12.4. The first kappa shape index (κ1) is 26.9. The number of hydrogen-bond acceptors (Lipinski definition) is 11. The van der Waals surface area contributed by atoms with Crippen LogP contribution in [0.4, 0.5) is 11.8 Å². The summed E-state index contributed by atoms with van der Waals surface area (Å²) in [6.07, 6.45) is 7.05. The highest BCUT2D eigenvalue weighted by molar-refractivity contribution is 7.93. The summed E-state index contributed by atoms with van der Waals surface area (Å²) in [4.78, 5) is 34.9. The van der Waals surface area contributed by atoms with Gasteiger partial charge in [-0.25, -0.2) is 36.8 Å². The van der Waals surface area contributed by atoms with E-state index >= 15 is 0 Å². The summed E-state index contributed by atoms with van der Waals surface area (Å²) in [6.45, 7) is 2.29. The maximum absolute atomic E-state index is 13.7. The Morgan fingerprint density at radius 1 is 1.08 bits per heavy atom. The van der Waals surface area contributed by atoms with Gasteiger partial charge < -0.3 is 10.1 Å². The smallest absolute Gasteiger partial charge is 0.237 e. The van der Waals surface area contributed by atoms with Gasteiger partial charge in [0.1, 0.15) is 15.7 Å². The fraction of sp³-hybridized carbons (Fsp3) is 0.417. The number of sulfone groups is 1. The molecule has 2 fully saturated rings. The van der Waals surface area contributed by atoms with E-state index in [0.717, 1.165) is 0 Å². The first-order valence-corrected chi connectivity index (χ1v) is 15.8. The van der Waals surface area contributed by atoms with Gasteiger partial charge in [-0.05, 0) is 50.8 Å². The number of amides is 1. The number of aromatic nitrogens is 5. The van der Waals surface area contributed by atoms with Crippen molar-refractivity contribution in [2.45, 2.75) is 43.3 Å². The Hall–Kier alpha value is -3.72. The molecule has 1 saturated heterocycles. The highest BCUT2D eigenvalue weighted by atomic mass is 32.2. The number of nitrogens with zero attached hydrogens (tertiary/aromatic N) is 5. The van der Waals surface area contributed by atoms with Crippen LogP contribution in [0.15, 0.2) is 43.0 Å². The quantitative estimate of drug-likeness (QED) is 0.380. The van der Waals surface area contributed by atoms with Crippen molar-refractivity contribution in [3.63, 3.8) is 0 Å². The molecule has 4 heterocycles. The third-order valence-corrected chi connectivity index (χ3v) is 10.1. The zero-order valence-corrected chi connectivity index (χ0v) is 22.7. The van der Waals surface area contributed by atoms with E-state index in [1.165, 1.54) is 24.7 Å². The molecule has 3 aromatic rings. The highest BCUT2D eigenvalue weighted by Crippen LogP contribution is 2.37. The van der Waals surface area contributed by atoms with E-state index < -0.39 is 36.4 Å². The zero-order chi connectivity index (χ0) is 27.7. The summed E-state index contributed by atoms with van der Waals surface area (Å²) in [5, 5.41) is 2.30. The molecule has 0 atom stereocenters. The molecule has 13 nitrogen and oxygen atoms in total. The standard InChI is InChI=1S/C24H27N7O6S2/c1-2-37-21-15-25-14-18(28-21)16-3-6-20(27-13-16)30-22(32)24(8-11-38(33,34)12-9-24)19-7-10-26-23(29-19)31-39(35,36)17-4-5-17/h3,6-7,10,13-15,17H,2,4-5,8-9,11-12H2,1H3,(H,26,29,31)(H,27,30,32). The summed E-state index contributed by atoms with van der Waals surface area (Å²) in [7, 11) is -6.95. The molecule has 1 saturated carbocycles. The molecule has 1 aliphatic heterocycles. The monoisotopic (exact) mass is 573 g/mol. The summed E-state index contributed by atoms with van der Waals surface area (Å²) >= 11 is 0. The van der Waals surface area contributed by atoms with Gasteiger partial charge in [-0.15, -0.1) is 0 Å². The SMILES string of the molecule is CCOc1cncc(-c2ccc(NC(=O)C3(c4ccnc(NS(=O)(=O)C5CC5)n4)CCS(=O)(=O)CC3)nc2)n1. The molecular formula is C24H27N7O6S2. The van der Waals surface area contributed by atoms with E-state index in [0.29, 0.717) is 36.6 Å². The molecule has 15 heteroatoms. The largest absolute Gasteiger partial charge is 0.477 e. The Morgan fingerprint density at radius 2 is 1.85 bits per heavy atom. The molecule has 5 rings (SSSR count). The summed E-state index contributed by atoms with van der Waals surface area (Å²) < 4.78 is 57.0. The van der Waals surface area contributed by atoms with Crippen molar-refractivity contribution >= 4 is 37.5 Å². The van der Waals surface area contributed by atoms with Crippen LogP contribution >= 0.6 is 0 Å². The fourth-order valence-corrected chi connectivity index (χ4v) is 7.11. The van der Waals surface area contributed by atoms with Crippen molar-refractivity contribution in [1.82, 2.24) is 24.9 Å². The second kappa shape index (κ2) is 10.4. The number of pyridine rings is 1. The Balaban J connectivity index is 1.40. The average Bonchev–Trinajstić information content (AvgIpc) is 3.76. The Morgan fingerprint density at radius 3 is 2.51 bits per heavy atom. The van der Waals surface area contributed by atoms with Crippen LogP contribution in [-0.2, 0) is 30.1 Å². The molecule has 0 aromatic carbocycles. The Labute approximate surface area is 225 Å². The van der Waals surface area contributed by atoms with Crippen molar-refractivity contribution in [3.8, 4) is 17.1 Å². The predicted octanol–water partition coefficient (Wildman–Crippen LogP) is 1.72. The summed E-state index contributed by atoms with van der Waals surface area (Å²) in [5.41, 5.74) is 0.107. The minimum Gasteiger partial charge on any atom is -0.477 e. The van der Waals surface area contributed by atoms with Crippen LogP contribution in [0.1, 0.15) is 38.3 Å². The molecule has 2 N–H and O–H groups in total. The molecule has 1 aliphatic carbocycles. The van der Waals surface area contributed by atoms with E-state index in [1.807, 2.05) is 6.92 Å². The van der Waals surface area contributed by atoms with E-state index in [2.05, 4.69) is 35.0 Å². The second-order valence-electron chi connectivity index (χ2n) is 9.41. The number of ether oxygens (including phenoxy) is 1. The maximum Gasteiger partial charge on any atom is 0.237 e. The van der Waals surface area contributed by atoms with E-state index in [4.69, 9.17) is 4.74 Å². The van der Waals surface area contributed by atoms with Gasteiger partial charge in [-0.3, -0.25) is 14.5 Å². The molecular weight excluding hydrogens is 546 g/mol. The molecule has 3 aromatic heterocycles. The number of carbonyl (C=O) groups excluding carboxylic acids is 1. The zero-order valence-electron chi connectivity index (χ0n) is 21.1. The van der Waals surface area contributed by atoms with Gasteiger partial charge in [0.15, 0.2) is 0 Å². The number of anilines is 2. The van der Waals surface area contributed by atoms with Gasteiger partial charge in [-0.2, -0.15) is 0 Å². The fourth-order valence-electron chi connectivity index (χ4n) is 4.31. The van der Waals surface area contributed by atoms with Crippen LogP contribution in [0.3, 0.4) is 0 Å². The highest BCUT2D eigenvalue weighted by Gasteiger charge is 2.46. The van der Waals surface area contributed by atoms with Crippen LogP contribution in [0, 0.1) is 0 Å². The lowest BCUT2D eigenvalue weighted by atomic mass is 9.77. The van der Waals surface area contributed by atoms with E-state index in [-0.39, 0.29) is 41.8 Å². The van der Waals surface area contributed by atoms with Gasteiger partial charge in [0.25, 0.3) is 0 Å². The number of carbonyl (C=O) groups is 1. The van der Waals surface area contributed by atoms with Gasteiger partial charge in [0.2, 0.25) is 27.8 Å². The minimum absolute atomic E-state index is 0.0229. The van der Waals surface area contributed by atoms with Crippen molar-refractivity contribution in [3.05, 3.63) is 48.7 Å². The van der Waals surface area contributed by atoms with Crippen LogP contribution in [0.5, 0.6) is 5.88 Å². The van der Waals surface area contributed by atoms with Crippen LogP contribution in [0.2, 0.25) is 0 Å². The third kappa shape index (κ3) is 5.98. The third-order valence-electron chi connectivity index (χ3n) is 6.66. The van der Waals surface area contributed by atoms with Crippen LogP contribution in [-0.4, -0.2) is 71.0 Å². The van der Waals surface area contributed by atoms with Crippen LogP contribution in [0.25, 0.3) is 11.3 Å². The van der Waals surface area contributed by atoms with Crippen molar-refractivity contribution < 1.29 is 26.4 Å². The number of rotatable bonds is 9. The lowest BCUT2D eigenvalue weighted by Crippen LogP contribution is -2.47. The Kier molecular flexibility index (Phi) is 7.20. The molecule has 0 unspecified atom stereocenters. The Bertz CT molecular complexity index is 1580. The summed E-state index contributed by atoms with van der Waals surface area (Å²) in [6, 6.07) is 4.83. The number of sulfonamides is 1. The van der Waals surface area contributed by atoms with Gasteiger partial charge >= 0.3 is 0 Å². The van der Waals surface area contributed by atoms with Gasteiger partial charge in [0, 0.05) is 18.0 Å². The number of nitrogens with one attached hydrogen (secondary N) is 2. The lowest BCUT2D eigenvalue weighted by molar-refractivity contribution is -0.122. The van der Waals surface area contributed by atoms with Gasteiger partial charge in [-0.1, -0.05) is 0 Å². The normalized spacial score (nSPS) is 18.2. The topological polar surface area (TPSA) is 183 Å². The molecule has 2 aliphatic rings. The predicted molar refractivity (Wildman–Crippen MR) is 142 cm³/mol. The van der Waals surface area contributed by atoms with Crippen molar-refractivity contribution in [1.29, 1.82) is 0 Å². The van der Waals surface area contributed by atoms with E-state index in [1.54, 1.807) is 18.3 Å². The summed E-state index contributed by atoms with van der Waals surface area (Å²) in [5.74, 6) is -0.452. The van der Waals surface area contributed by atoms with Crippen molar-refractivity contribution in [2.24, 2.45) is 0 Å².